The second-order valence-corrected chi connectivity index (χ2v) is 13.4. The van der Waals surface area contributed by atoms with E-state index in [4.69, 9.17) is 23.7 Å². The van der Waals surface area contributed by atoms with Gasteiger partial charge < -0.3 is 23.7 Å². The Morgan fingerprint density at radius 1 is 0.788 bits per heavy atom. The van der Waals surface area contributed by atoms with Gasteiger partial charge >= 0.3 is 24.3 Å². The molecule has 2 heterocycles. The first-order valence-corrected chi connectivity index (χ1v) is 16.8. The number of nitrogens with zero attached hydrogens (tertiary/aromatic N) is 1. The number of alkyl halides is 6. The van der Waals surface area contributed by atoms with Crippen LogP contribution >= 0.6 is 0 Å². The van der Waals surface area contributed by atoms with Crippen molar-refractivity contribution in [3.63, 3.8) is 0 Å². The molecule has 2 aliphatic rings. The summed E-state index contributed by atoms with van der Waals surface area (Å²) in [6.07, 6.45) is -10.3. The molecule has 1 saturated heterocycles. The SMILES string of the molecule is COc1cc2c(cc1OC(=O)[C@](OC)(c1ccccc1)C(F)(F)F)[C@H]1C[C@H](OC(=O)[C@](OC)(c3ccccc3)C(F)(F)F)[C@@H](CC(C)C)CN1CC2. The van der Waals surface area contributed by atoms with Crippen LogP contribution < -0.4 is 9.47 Å². The lowest BCUT2D eigenvalue weighted by Gasteiger charge is -2.47. The van der Waals surface area contributed by atoms with Crippen molar-refractivity contribution in [1.82, 2.24) is 4.90 Å². The van der Waals surface area contributed by atoms with Crippen molar-refractivity contribution in [2.24, 2.45) is 11.8 Å². The van der Waals surface area contributed by atoms with Crippen LogP contribution in [0.15, 0.2) is 72.8 Å². The fourth-order valence-electron chi connectivity index (χ4n) is 7.47. The third-order valence-electron chi connectivity index (χ3n) is 9.93. The number of esters is 2. The van der Waals surface area contributed by atoms with E-state index in [0.29, 0.717) is 31.5 Å². The second kappa shape index (κ2) is 15.1. The molecule has 1 fully saturated rings. The van der Waals surface area contributed by atoms with E-state index in [0.717, 1.165) is 44.0 Å². The van der Waals surface area contributed by atoms with Crippen LogP contribution in [0.25, 0.3) is 0 Å². The molecule has 0 saturated carbocycles. The van der Waals surface area contributed by atoms with Crippen LogP contribution in [0, 0.1) is 11.8 Å². The zero-order chi connectivity index (χ0) is 38.1. The topological polar surface area (TPSA) is 83.5 Å². The van der Waals surface area contributed by atoms with Gasteiger partial charge in [0.15, 0.2) is 11.5 Å². The molecule has 14 heteroatoms. The van der Waals surface area contributed by atoms with Gasteiger partial charge in [0.1, 0.15) is 6.10 Å². The number of carbonyl (C=O) groups is 2. The maximum absolute atomic E-state index is 14.8. The molecule has 5 rings (SSSR count). The molecule has 3 aromatic rings. The highest BCUT2D eigenvalue weighted by Gasteiger charge is 2.65. The summed E-state index contributed by atoms with van der Waals surface area (Å²) in [5, 5.41) is 0. The quantitative estimate of drug-likeness (QED) is 0.113. The number of carbonyl (C=O) groups excluding carboxylic acids is 2. The highest BCUT2D eigenvalue weighted by Crippen LogP contribution is 2.49. The minimum Gasteiger partial charge on any atom is -0.493 e. The lowest BCUT2D eigenvalue weighted by atomic mass is 9.78. The maximum Gasteiger partial charge on any atom is 0.432 e. The van der Waals surface area contributed by atoms with Gasteiger partial charge in [-0.05, 0) is 42.0 Å². The molecule has 8 nitrogen and oxygen atoms in total. The van der Waals surface area contributed by atoms with Crippen molar-refractivity contribution < 1.29 is 59.6 Å². The predicted octanol–water partition coefficient (Wildman–Crippen LogP) is 7.69. The zero-order valence-corrected chi connectivity index (χ0v) is 29.3. The summed E-state index contributed by atoms with van der Waals surface area (Å²) >= 11 is 0. The Hall–Kier alpha value is -4.14. The molecule has 0 spiro atoms. The lowest BCUT2D eigenvalue weighted by molar-refractivity contribution is -0.280. The average Bonchev–Trinajstić information content (AvgIpc) is 3.09. The van der Waals surface area contributed by atoms with Crippen LogP contribution in [0.3, 0.4) is 0 Å². The Labute approximate surface area is 297 Å². The van der Waals surface area contributed by atoms with Crippen LogP contribution in [-0.2, 0) is 41.4 Å². The van der Waals surface area contributed by atoms with Gasteiger partial charge in [0.25, 0.3) is 11.2 Å². The number of piperidine rings is 1. The minimum atomic E-state index is -5.22. The zero-order valence-electron chi connectivity index (χ0n) is 29.3. The van der Waals surface area contributed by atoms with Crippen LogP contribution in [-0.4, -0.2) is 69.7 Å². The third kappa shape index (κ3) is 7.00. The largest absolute Gasteiger partial charge is 0.493 e. The molecule has 3 aromatic carbocycles. The third-order valence-corrected chi connectivity index (χ3v) is 9.93. The summed E-state index contributed by atoms with van der Waals surface area (Å²) in [7, 11) is 2.84. The summed E-state index contributed by atoms with van der Waals surface area (Å²) in [6, 6.07) is 15.3. The van der Waals surface area contributed by atoms with Gasteiger partial charge in [-0.15, -0.1) is 0 Å². The summed E-state index contributed by atoms with van der Waals surface area (Å²) in [4.78, 5) is 29.4. The lowest BCUT2D eigenvalue weighted by Crippen LogP contribution is -2.55. The van der Waals surface area contributed by atoms with Gasteiger partial charge in [-0.2, -0.15) is 26.3 Å². The van der Waals surface area contributed by atoms with Gasteiger partial charge in [-0.25, -0.2) is 9.59 Å². The molecule has 0 N–H and O–H groups in total. The van der Waals surface area contributed by atoms with Crippen molar-refractivity contribution in [3.8, 4) is 11.5 Å². The van der Waals surface area contributed by atoms with Gasteiger partial charge in [0, 0.05) is 56.8 Å². The molecule has 2 aliphatic heterocycles. The number of rotatable bonds is 11. The molecule has 0 unspecified atom stereocenters. The average molecular weight is 738 g/mol. The molecule has 0 bridgehead atoms. The molecule has 282 valence electrons. The van der Waals surface area contributed by atoms with Crippen LogP contribution in [0.4, 0.5) is 26.3 Å². The molecular formula is C38H41F6NO7. The van der Waals surface area contributed by atoms with E-state index in [-0.39, 0.29) is 29.8 Å². The van der Waals surface area contributed by atoms with E-state index in [9.17, 15) is 35.9 Å². The van der Waals surface area contributed by atoms with E-state index in [1.54, 1.807) is 6.07 Å². The van der Waals surface area contributed by atoms with Crippen molar-refractivity contribution >= 4 is 11.9 Å². The number of benzene rings is 3. The summed E-state index contributed by atoms with van der Waals surface area (Å²) in [5.41, 5.74) is -6.51. The Kier molecular flexibility index (Phi) is 11.3. The number of methoxy groups -OCH3 is 3. The predicted molar refractivity (Wildman–Crippen MR) is 176 cm³/mol. The first-order valence-electron chi connectivity index (χ1n) is 16.8. The van der Waals surface area contributed by atoms with E-state index < -0.39 is 58.8 Å². The molecule has 0 radical (unpaired) electrons. The normalized spacial score (nSPS) is 21.7. The van der Waals surface area contributed by atoms with Gasteiger partial charge in [-0.1, -0.05) is 74.5 Å². The highest BCUT2D eigenvalue weighted by atomic mass is 19.4. The van der Waals surface area contributed by atoms with E-state index in [2.05, 4.69) is 4.90 Å². The van der Waals surface area contributed by atoms with Crippen LogP contribution in [0.1, 0.15) is 55.0 Å². The molecule has 0 aromatic heterocycles. The summed E-state index contributed by atoms with van der Waals surface area (Å²) in [6.45, 7) is 4.81. The number of hydrogen-bond donors (Lipinski definition) is 0. The fourth-order valence-corrected chi connectivity index (χ4v) is 7.47. The molecule has 52 heavy (non-hydrogen) atoms. The number of hydrogen-bond acceptors (Lipinski definition) is 8. The first kappa shape index (κ1) is 39.1. The van der Waals surface area contributed by atoms with E-state index in [1.165, 1.54) is 49.6 Å². The Morgan fingerprint density at radius 3 is 1.81 bits per heavy atom. The number of ether oxygens (including phenoxy) is 5. The van der Waals surface area contributed by atoms with E-state index >= 15 is 0 Å². The van der Waals surface area contributed by atoms with Crippen molar-refractivity contribution in [2.75, 3.05) is 34.4 Å². The molecular weight excluding hydrogens is 696 g/mol. The maximum atomic E-state index is 14.8. The molecule has 0 amide bonds. The monoisotopic (exact) mass is 737 g/mol. The second-order valence-electron chi connectivity index (χ2n) is 13.4. The minimum absolute atomic E-state index is 0.00447. The van der Waals surface area contributed by atoms with E-state index in [1.807, 2.05) is 13.8 Å². The van der Waals surface area contributed by atoms with Crippen LogP contribution in [0.5, 0.6) is 11.5 Å². The Balaban J connectivity index is 1.52. The number of fused-ring (bicyclic) bond motifs is 3. The first-order chi connectivity index (χ1) is 24.5. The standard InChI is InChI=1S/C38H41F6NO7/c1-23(2)18-25-22-45-17-16-24-19-31(48-3)32(52-34(47)36(50-5,38(42,43)44)27-14-10-7-11-15-27)20-28(24)29(45)21-30(25)51-33(46)35(49-4,37(39,40)41)26-12-8-6-9-13-26/h6-15,19-20,23,25,29-30H,16-18,21-22H2,1-5H3/t25-,29+,30-,35+,36+/m0/s1. The van der Waals surface area contributed by atoms with Gasteiger partial charge in [-0.3, -0.25) is 4.90 Å². The smallest absolute Gasteiger partial charge is 0.432 e. The molecule has 0 aliphatic carbocycles. The van der Waals surface area contributed by atoms with Crippen LogP contribution in [0.2, 0.25) is 0 Å². The molecule has 5 atom stereocenters. The fraction of sp³-hybridized carbons (Fsp3) is 0.474. The summed E-state index contributed by atoms with van der Waals surface area (Å²) in [5.74, 6) is -3.92. The summed E-state index contributed by atoms with van der Waals surface area (Å²) < 4.78 is 115. The van der Waals surface area contributed by atoms with Crippen molar-refractivity contribution in [2.45, 2.75) is 68.8 Å². The van der Waals surface area contributed by atoms with Crippen molar-refractivity contribution in [1.29, 1.82) is 0 Å². The van der Waals surface area contributed by atoms with Gasteiger partial charge in [0.2, 0.25) is 0 Å². The van der Waals surface area contributed by atoms with Crippen molar-refractivity contribution in [3.05, 3.63) is 95.1 Å². The number of halogens is 6. The van der Waals surface area contributed by atoms with Gasteiger partial charge in [0.05, 0.1) is 7.11 Å². The Bertz CT molecular complexity index is 1720. The Morgan fingerprint density at radius 2 is 1.33 bits per heavy atom. The highest BCUT2D eigenvalue weighted by molar-refractivity contribution is 5.85.